The molecule has 1 aromatic carbocycles. The van der Waals surface area contributed by atoms with Crippen molar-refractivity contribution < 1.29 is 20.1 Å². The topological polar surface area (TPSA) is 69.9 Å². The number of phenols is 1. The molecule has 3 aliphatic rings. The molecule has 3 unspecified atom stereocenters. The third kappa shape index (κ3) is 2.01. The molecule has 2 fully saturated rings. The van der Waals surface area contributed by atoms with Crippen molar-refractivity contribution in [2.45, 2.75) is 56.8 Å². The average molecular weight is 318 g/mol. The third-order valence-electron chi connectivity index (χ3n) is 6.94. The highest BCUT2D eigenvalue weighted by molar-refractivity contribution is 5.40. The lowest BCUT2D eigenvalue weighted by atomic mass is 9.55. The summed E-state index contributed by atoms with van der Waals surface area (Å²) in [6, 6.07) is 5.71. The zero-order valence-electron chi connectivity index (χ0n) is 13.8. The van der Waals surface area contributed by atoms with E-state index in [1.165, 1.54) is 11.1 Å². The fraction of sp³-hybridized carbons (Fsp3) is 0.684. The van der Waals surface area contributed by atoms with E-state index in [2.05, 4.69) is 13.0 Å². The number of aryl methyl sites for hydroxylation is 1. The number of hydrogen-bond donors (Lipinski definition) is 3. The number of rotatable bonds is 1. The summed E-state index contributed by atoms with van der Waals surface area (Å²) < 4.78 is 5.59. The van der Waals surface area contributed by atoms with Crippen molar-refractivity contribution in [1.82, 2.24) is 0 Å². The molecule has 3 aliphatic carbocycles. The first-order chi connectivity index (χ1) is 11.0. The van der Waals surface area contributed by atoms with Crippen LogP contribution in [-0.4, -0.2) is 40.7 Å². The van der Waals surface area contributed by atoms with Crippen LogP contribution in [0.4, 0.5) is 0 Å². The second kappa shape index (κ2) is 5.20. The Bertz CT molecular complexity index is 615. The van der Waals surface area contributed by atoms with Gasteiger partial charge >= 0.3 is 0 Å². The average Bonchev–Trinajstić information content (AvgIpc) is 2.73. The number of aliphatic hydroxyl groups excluding tert-OH is 2. The summed E-state index contributed by atoms with van der Waals surface area (Å²) in [6.45, 7) is 2.17. The van der Waals surface area contributed by atoms with Gasteiger partial charge in [-0.05, 0) is 66.7 Å². The number of benzene rings is 1. The van der Waals surface area contributed by atoms with Gasteiger partial charge in [0.2, 0.25) is 0 Å². The van der Waals surface area contributed by atoms with Gasteiger partial charge in [0, 0.05) is 12.5 Å². The molecule has 4 nitrogen and oxygen atoms in total. The molecule has 7 atom stereocenters. The Kier molecular flexibility index (Phi) is 3.49. The fourth-order valence-corrected chi connectivity index (χ4v) is 6.01. The van der Waals surface area contributed by atoms with Crippen molar-refractivity contribution in [2.75, 3.05) is 7.11 Å². The fourth-order valence-electron chi connectivity index (χ4n) is 6.01. The van der Waals surface area contributed by atoms with Crippen LogP contribution >= 0.6 is 0 Å². The second-order valence-electron chi connectivity index (χ2n) is 7.90. The number of ether oxygens (including phenoxy) is 1. The maximum atomic E-state index is 10.7. The van der Waals surface area contributed by atoms with Crippen LogP contribution < -0.4 is 0 Å². The quantitative estimate of drug-likeness (QED) is 0.742. The monoisotopic (exact) mass is 318 g/mol. The maximum absolute atomic E-state index is 10.7. The molecule has 0 bridgehead atoms. The highest BCUT2D eigenvalue weighted by Crippen LogP contribution is 2.61. The van der Waals surface area contributed by atoms with Crippen molar-refractivity contribution in [1.29, 1.82) is 0 Å². The van der Waals surface area contributed by atoms with Gasteiger partial charge < -0.3 is 20.1 Å². The molecule has 0 amide bonds. The Morgan fingerprint density at radius 1 is 1.17 bits per heavy atom. The summed E-state index contributed by atoms with van der Waals surface area (Å²) in [6.07, 6.45) is 2.14. The molecule has 0 radical (unpaired) electrons. The van der Waals surface area contributed by atoms with Gasteiger partial charge in [-0.1, -0.05) is 13.0 Å². The van der Waals surface area contributed by atoms with Gasteiger partial charge in [0.25, 0.3) is 0 Å². The largest absolute Gasteiger partial charge is 0.508 e. The van der Waals surface area contributed by atoms with Gasteiger partial charge in [-0.25, -0.2) is 0 Å². The minimum absolute atomic E-state index is 0.0724. The van der Waals surface area contributed by atoms with Crippen LogP contribution in [0.15, 0.2) is 18.2 Å². The Morgan fingerprint density at radius 3 is 2.70 bits per heavy atom. The first kappa shape index (κ1) is 15.4. The highest BCUT2D eigenvalue weighted by atomic mass is 16.5. The summed E-state index contributed by atoms with van der Waals surface area (Å²) in [5, 5.41) is 30.9. The normalized spacial score (nSPS) is 45.2. The third-order valence-corrected chi connectivity index (χ3v) is 6.94. The molecule has 2 saturated carbocycles. The minimum atomic E-state index is -0.796. The Labute approximate surface area is 137 Å². The summed E-state index contributed by atoms with van der Waals surface area (Å²) in [5.74, 6) is 1.19. The van der Waals surface area contributed by atoms with E-state index in [1.54, 1.807) is 13.2 Å². The summed E-state index contributed by atoms with van der Waals surface area (Å²) in [5.41, 5.74) is 2.40. The smallest absolute Gasteiger partial charge is 0.115 e. The Hall–Kier alpha value is -1.10. The maximum Gasteiger partial charge on any atom is 0.115 e. The van der Waals surface area contributed by atoms with Gasteiger partial charge in [-0.15, -0.1) is 0 Å². The van der Waals surface area contributed by atoms with E-state index in [1.807, 2.05) is 6.07 Å². The molecule has 0 heterocycles. The van der Waals surface area contributed by atoms with Gasteiger partial charge in [-0.2, -0.15) is 0 Å². The number of hydrogen-bond acceptors (Lipinski definition) is 4. The van der Waals surface area contributed by atoms with Crippen LogP contribution in [0.25, 0.3) is 0 Å². The highest BCUT2D eigenvalue weighted by Gasteiger charge is 2.62. The van der Waals surface area contributed by atoms with Crippen LogP contribution in [0.2, 0.25) is 0 Å². The molecular weight excluding hydrogens is 292 g/mol. The van der Waals surface area contributed by atoms with Crippen LogP contribution in [0.3, 0.4) is 0 Å². The predicted molar refractivity (Wildman–Crippen MR) is 86.3 cm³/mol. The van der Waals surface area contributed by atoms with E-state index in [4.69, 9.17) is 4.74 Å². The molecule has 3 N–H and O–H groups in total. The first-order valence-electron chi connectivity index (χ1n) is 8.68. The zero-order chi connectivity index (χ0) is 16.4. The molecule has 0 aliphatic heterocycles. The molecule has 0 saturated heterocycles. The molecule has 23 heavy (non-hydrogen) atoms. The summed E-state index contributed by atoms with van der Waals surface area (Å²) in [4.78, 5) is 0. The first-order valence-corrected chi connectivity index (χ1v) is 8.68. The molecular formula is C19H26O4. The van der Waals surface area contributed by atoms with E-state index >= 15 is 0 Å². The molecule has 4 heteroatoms. The van der Waals surface area contributed by atoms with Crippen molar-refractivity contribution in [3.63, 3.8) is 0 Å². The lowest BCUT2D eigenvalue weighted by molar-refractivity contribution is -0.0746. The number of fused-ring (bicyclic) bond motifs is 5. The van der Waals surface area contributed by atoms with Crippen LogP contribution in [-0.2, 0) is 11.2 Å². The van der Waals surface area contributed by atoms with Crippen molar-refractivity contribution in [3.8, 4) is 5.75 Å². The van der Waals surface area contributed by atoms with Gasteiger partial charge in [-0.3, -0.25) is 0 Å². The summed E-state index contributed by atoms with van der Waals surface area (Å²) >= 11 is 0. The SMILES string of the molecule is CO[C@H]1[C@H](O)[C@H](O)C2C3CCc4cc(O)ccc4C3CC[C@@]21C. The number of aromatic hydroxyl groups is 1. The van der Waals surface area contributed by atoms with Crippen LogP contribution in [0.1, 0.15) is 43.2 Å². The lowest BCUT2D eigenvalue weighted by Gasteiger charge is -2.50. The van der Waals surface area contributed by atoms with Gasteiger partial charge in [0.1, 0.15) is 11.9 Å². The van der Waals surface area contributed by atoms with Gasteiger partial charge in [0.05, 0.1) is 12.2 Å². The van der Waals surface area contributed by atoms with E-state index < -0.39 is 12.2 Å². The molecule has 1 aromatic rings. The van der Waals surface area contributed by atoms with Crippen molar-refractivity contribution >= 4 is 0 Å². The van der Waals surface area contributed by atoms with E-state index in [9.17, 15) is 15.3 Å². The number of phenolic OH excluding ortho intramolecular Hbond substituents is 1. The van der Waals surface area contributed by atoms with E-state index in [-0.39, 0.29) is 17.4 Å². The lowest BCUT2D eigenvalue weighted by Crippen LogP contribution is -2.46. The predicted octanol–water partition coefficient (Wildman–Crippen LogP) is 2.20. The molecule has 0 spiro atoms. The molecule has 126 valence electrons. The Morgan fingerprint density at radius 2 is 1.96 bits per heavy atom. The van der Waals surface area contributed by atoms with Crippen LogP contribution in [0.5, 0.6) is 5.75 Å². The van der Waals surface area contributed by atoms with E-state index in [0.717, 1.165) is 25.7 Å². The van der Waals surface area contributed by atoms with Crippen LogP contribution in [0, 0.1) is 17.3 Å². The molecule has 4 rings (SSSR count). The zero-order valence-corrected chi connectivity index (χ0v) is 13.8. The van der Waals surface area contributed by atoms with Crippen molar-refractivity contribution in [3.05, 3.63) is 29.3 Å². The molecule has 0 aromatic heterocycles. The number of methoxy groups -OCH3 is 1. The van der Waals surface area contributed by atoms with E-state index in [0.29, 0.717) is 17.6 Å². The van der Waals surface area contributed by atoms with Gasteiger partial charge in [0.15, 0.2) is 0 Å². The number of aliphatic hydroxyl groups is 2. The van der Waals surface area contributed by atoms with Crippen molar-refractivity contribution in [2.24, 2.45) is 17.3 Å². The standard InChI is InChI=1S/C19H26O4/c1-19-8-7-13-12-6-4-11(20)9-10(12)3-5-14(13)15(19)16(21)17(22)18(19)23-2/h4,6,9,13-18,20-22H,3,5,7-8H2,1-2H3/t13?,14?,15?,16-,17-,18+,19+/m1/s1. The second-order valence-corrected chi connectivity index (χ2v) is 7.90. The minimum Gasteiger partial charge on any atom is -0.508 e. The summed E-state index contributed by atoms with van der Waals surface area (Å²) in [7, 11) is 1.64. The Balaban J connectivity index is 1.73.